The smallest absolute Gasteiger partial charge is 0.180 e. The minimum atomic E-state index is -2.65. The third-order valence-electron chi connectivity index (χ3n) is 11.3. The van der Waals surface area contributed by atoms with Crippen molar-refractivity contribution in [2.75, 3.05) is 0 Å². The minimum Gasteiger partial charge on any atom is -0.228 e. The Morgan fingerprint density at radius 3 is 1.58 bits per heavy atom. The zero-order chi connectivity index (χ0) is 34.9. The van der Waals surface area contributed by atoms with Crippen LogP contribution < -0.4 is 20.7 Å². The molecule has 246 valence electrons. The molecule has 2 nitrogen and oxygen atoms in total. The van der Waals surface area contributed by atoms with E-state index in [9.17, 15) is 0 Å². The lowest BCUT2D eigenvalue weighted by molar-refractivity contribution is 1.23. The summed E-state index contributed by atoms with van der Waals surface area (Å²) in [6.45, 7) is 0. The monoisotopic (exact) mass is 688 g/mol. The van der Waals surface area contributed by atoms with Gasteiger partial charge >= 0.3 is 0 Å². The highest BCUT2D eigenvalue weighted by molar-refractivity contribution is 7.22. The largest absolute Gasteiger partial charge is 0.228 e. The number of nitrogens with zero attached hydrogens (tertiary/aromatic N) is 2. The lowest BCUT2D eigenvalue weighted by Crippen LogP contribution is -2.72. The van der Waals surface area contributed by atoms with Crippen molar-refractivity contribution in [1.29, 1.82) is 0 Å². The quantitative estimate of drug-likeness (QED) is 0.136. The molecule has 0 spiro atoms. The van der Waals surface area contributed by atoms with Crippen molar-refractivity contribution in [2.45, 2.75) is 0 Å². The Hall–Kier alpha value is -6.68. The second-order valence-corrected chi connectivity index (χ2v) is 17.8. The second kappa shape index (κ2) is 11.7. The first-order chi connectivity index (χ1) is 26.3. The molecule has 9 aromatic carbocycles. The first kappa shape index (κ1) is 30.0. The Balaban J connectivity index is 1.22. The summed E-state index contributed by atoms with van der Waals surface area (Å²) in [5, 5.41) is 14.3. The Kier molecular flexibility index (Phi) is 6.61. The van der Waals surface area contributed by atoms with Crippen molar-refractivity contribution in [3.8, 4) is 33.8 Å². The molecule has 3 heteroatoms. The van der Waals surface area contributed by atoms with E-state index in [0.717, 1.165) is 33.5 Å². The van der Waals surface area contributed by atoms with Crippen LogP contribution in [-0.2, 0) is 0 Å². The minimum absolute atomic E-state index is 0.734. The van der Waals surface area contributed by atoms with Gasteiger partial charge < -0.3 is 0 Å². The molecule has 2 heterocycles. The van der Waals surface area contributed by atoms with Crippen LogP contribution in [0.5, 0.6) is 0 Å². The summed E-state index contributed by atoms with van der Waals surface area (Å²) >= 11 is 0. The predicted molar refractivity (Wildman–Crippen MR) is 226 cm³/mol. The second-order valence-electron chi connectivity index (χ2n) is 14.1. The van der Waals surface area contributed by atoms with Gasteiger partial charge in [-0.15, -0.1) is 0 Å². The van der Waals surface area contributed by atoms with Gasteiger partial charge in [0.2, 0.25) is 0 Å². The van der Waals surface area contributed by atoms with Crippen molar-refractivity contribution in [3.05, 3.63) is 194 Å². The van der Waals surface area contributed by atoms with Gasteiger partial charge in [0.15, 0.2) is 13.9 Å². The lowest BCUT2D eigenvalue weighted by Gasteiger charge is -2.31. The van der Waals surface area contributed by atoms with Gasteiger partial charge in [0.05, 0.1) is 11.2 Å². The molecule has 0 aliphatic carbocycles. The number of benzene rings is 9. The molecule has 10 aromatic rings. The molecule has 0 radical (unpaired) electrons. The maximum absolute atomic E-state index is 5.24. The fourth-order valence-electron chi connectivity index (χ4n) is 9.05. The van der Waals surface area contributed by atoms with E-state index in [1.54, 1.807) is 0 Å². The van der Waals surface area contributed by atoms with Gasteiger partial charge in [-0.3, -0.25) is 0 Å². The summed E-state index contributed by atoms with van der Waals surface area (Å²) in [6.07, 6.45) is 0. The van der Waals surface area contributed by atoms with Crippen molar-refractivity contribution < 1.29 is 0 Å². The zero-order valence-corrected chi connectivity index (χ0v) is 29.9. The third kappa shape index (κ3) is 4.38. The first-order valence-corrected chi connectivity index (χ1v) is 20.3. The van der Waals surface area contributed by atoms with Crippen molar-refractivity contribution in [3.63, 3.8) is 0 Å². The fourth-order valence-corrected chi connectivity index (χ4v) is 14.2. The fraction of sp³-hybridized carbons (Fsp3) is 0. The average molecular weight is 689 g/mol. The van der Waals surface area contributed by atoms with Gasteiger partial charge in [0.1, 0.15) is 0 Å². The number of hydrogen-bond acceptors (Lipinski definition) is 2. The molecular weight excluding hydrogens is 657 g/mol. The maximum atomic E-state index is 5.24. The number of para-hydroxylation sites is 1. The van der Waals surface area contributed by atoms with E-state index in [1.165, 1.54) is 64.2 Å². The van der Waals surface area contributed by atoms with Crippen LogP contribution in [0.25, 0.3) is 77.0 Å². The molecule has 0 atom stereocenters. The van der Waals surface area contributed by atoms with Crippen LogP contribution in [0.4, 0.5) is 0 Å². The average Bonchev–Trinajstić information content (AvgIpc) is 3.53. The summed E-state index contributed by atoms with van der Waals surface area (Å²) in [5.74, 6) is 0.734. The molecule has 0 amide bonds. The highest BCUT2D eigenvalue weighted by atomic mass is 28.3. The van der Waals surface area contributed by atoms with Gasteiger partial charge in [-0.2, -0.15) is 0 Å². The molecule has 0 unspecified atom stereocenters. The van der Waals surface area contributed by atoms with Crippen molar-refractivity contribution >= 4 is 72.0 Å². The number of hydrogen-bond donors (Lipinski definition) is 0. The lowest BCUT2D eigenvalue weighted by atomic mass is 9.91. The van der Waals surface area contributed by atoms with Crippen LogP contribution in [0.1, 0.15) is 0 Å². The Bertz CT molecular complexity index is 3010. The molecule has 0 saturated carbocycles. The van der Waals surface area contributed by atoms with E-state index in [4.69, 9.17) is 9.97 Å². The summed E-state index contributed by atoms with van der Waals surface area (Å²) in [4.78, 5) is 10.4. The van der Waals surface area contributed by atoms with Crippen molar-refractivity contribution in [2.24, 2.45) is 0 Å². The maximum Gasteiger partial charge on any atom is 0.180 e. The normalized spacial score (nSPS) is 13.1. The van der Waals surface area contributed by atoms with E-state index in [-0.39, 0.29) is 0 Å². The number of aromatic nitrogens is 2. The SMILES string of the molecule is c1ccc(-c2nc(-c3ccc4c(c3)c3ccccc3c3cc5c(cc43)[Si](c3ccccc3)(c3ccccc3)c3ccccc3-5)nc3ccccc23)cc1. The van der Waals surface area contributed by atoms with Crippen LogP contribution >= 0.6 is 0 Å². The Morgan fingerprint density at radius 1 is 0.321 bits per heavy atom. The van der Waals surface area contributed by atoms with Crippen LogP contribution in [0, 0.1) is 0 Å². The molecule has 0 saturated heterocycles. The topological polar surface area (TPSA) is 25.8 Å². The molecule has 11 rings (SSSR count). The molecule has 53 heavy (non-hydrogen) atoms. The molecule has 1 aromatic heterocycles. The number of rotatable bonds is 4. The molecule has 0 bridgehead atoms. The summed E-state index contributed by atoms with van der Waals surface area (Å²) in [5.41, 5.74) is 6.70. The van der Waals surface area contributed by atoms with E-state index < -0.39 is 8.07 Å². The van der Waals surface area contributed by atoms with Crippen molar-refractivity contribution in [1.82, 2.24) is 9.97 Å². The molecular formula is C50H32N2Si. The summed E-state index contributed by atoms with van der Waals surface area (Å²) < 4.78 is 0. The van der Waals surface area contributed by atoms with Crippen LogP contribution in [-0.4, -0.2) is 18.0 Å². The van der Waals surface area contributed by atoms with E-state index >= 15 is 0 Å². The standard InChI is InChI=1S/C50H32N2Si/c1-4-16-33(17-5-1)49-41-25-12-14-26-46(41)51-50(52-49)34-28-29-39-42(30-34)37-22-10-11-23-38(37)43-31-45-40-24-13-15-27-47(40)53(48(45)32-44(39)43,35-18-6-2-7-19-35)36-20-8-3-9-21-36/h1-32H. The zero-order valence-electron chi connectivity index (χ0n) is 28.9. The van der Waals surface area contributed by atoms with Crippen LogP contribution in [0.2, 0.25) is 0 Å². The van der Waals surface area contributed by atoms with Gasteiger partial charge in [-0.25, -0.2) is 9.97 Å². The Labute approximate surface area is 308 Å². The van der Waals surface area contributed by atoms with Gasteiger partial charge in [-0.05, 0) is 82.4 Å². The molecule has 1 aliphatic heterocycles. The highest BCUT2D eigenvalue weighted by Crippen LogP contribution is 2.40. The molecule has 0 N–H and O–H groups in total. The van der Waals surface area contributed by atoms with E-state index in [1.807, 2.05) is 6.07 Å². The van der Waals surface area contributed by atoms with E-state index in [2.05, 4.69) is 188 Å². The Morgan fingerprint density at radius 2 is 0.868 bits per heavy atom. The third-order valence-corrected chi connectivity index (χ3v) is 16.2. The summed E-state index contributed by atoms with van der Waals surface area (Å²) in [7, 11) is -2.65. The van der Waals surface area contributed by atoms with Crippen LogP contribution in [0.15, 0.2) is 194 Å². The van der Waals surface area contributed by atoms with Gasteiger partial charge in [0, 0.05) is 16.5 Å². The summed E-state index contributed by atoms with van der Waals surface area (Å²) in [6, 6.07) is 71.2. The van der Waals surface area contributed by atoms with Crippen LogP contribution in [0.3, 0.4) is 0 Å². The molecule has 1 aliphatic rings. The molecule has 0 fully saturated rings. The first-order valence-electron chi connectivity index (χ1n) is 18.3. The van der Waals surface area contributed by atoms with E-state index in [0.29, 0.717) is 0 Å². The predicted octanol–water partition coefficient (Wildman–Crippen LogP) is 9.78. The van der Waals surface area contributed by atoms with Gasteiger partial charge in [-0.1, -0.05) is 176 Å². The number of fused-ring (bicyclic) bond motifs is 10. The highest BCUT2D eigenvalue weighted by Gasteiger charge is 2.48. The van der Waals surface area contributed by atoms with Gasteiger partial charge in [0.25, 0.3) is 0 Å².